The zero-order valence-electron chi connectivity index (χ0n) is 14.2. The first-order valence-electron chi connectivity index (χ1n) is 8.06. The maximum atomic E-state index is 12.6. The molecule has 0 radical (unpaired) electrons. The minimum atomic E-state index is -0.261. The van der Waals surface area contributed by atoms with Gasteiger partial charge in [-0.05, 0) is 31.2 Å². The molecule has 0 unspecified atom stereocenters. The predicted octanol–water partition coefficient (Wildman–Crippen LogP) is 2.76. The predicted molar refractivity (Wildman–Crippen MR) is 94.6 cm³/mol. The summed E-state index contributed by atoms with van der Waals surface area (Å²) < 4.78 is 7.48. The average molecular weight is 347 g/mol. The van der Waals surface area contributed by atoms with Gasteiger partial charge in [-0.3, -0.25) is 9.48 Å². The van der Waals surface area contributed by atoms with Gasteiger partial charge in [-0.1, -0.05) is 24.3 Å². The van der Waals surface area contributed by atoms with E-state index in [0.29, 0.717) is 29.2 Å². The van der Waals surface area contributed by atoms with Crippen LogP contribution in [-0.4, -0.2) is 26.7 Å². The van der Waals surface area contributed by atoms with Gasteiger partial charge in [0.2, 0.25) is 0 Å². The SMILES string of the molecule is C[C@H](Cn1cncn1)NC(=O)c1ccccc1Oc1ccccc1C#N. The molecule has 0 saturated heterocycles. The lowest BCUT2D eigenvalue weighted by Gasteiger charge is -2.16. The molecule has 0 spiro atoms. The molecule has 3 rings (SSSR count). The van der Waals surface area contributed by atoms with Gasteiger partial charge in [0.1, 0.15) is 30.2 Å². The monoisotopic (exact) mass is 347 g/mol. The fourth-order valence-corrected chi connectivity index (χ4v) is 2.46. The van der Waals surface area contributed by atoms with E-state index in [1.165, 1.54) is 6.33 Å². The van der Waals surface area contributed by atoms with Gasteiger partial charge in [0.05, 0.1) is 17.7 Å². The largest absolute Gasteiger partial charge is 0.455 e. The van der Waals surface area contributed by atoms with Crippen molar-refractivity contribution in [3.63, 3.8) is 0 Å². The first-order chi connectivity index (χ1) is 12.7. The summed E-state index contributed by atoms with van der Waals surface area (Å²) in [7, 11) is 0. The number of ether oxygens (including phenoxy) is 1. The third-order valence-corrected chi connectivity index (χ3v) is 3.66. The molecule has 2 aromatic carbocycles. The van der Waals surface area contributed by atoms with Crippen molar-refractivity contribution >= 4 is 5.91 Å². The molecule has 26 heavy (non-hydrogen) atoms. The molecule has 1 aromatic heterocycles. The summed E-state index contributed by atoms with van der Waals surface area (Å²) in [6.45, 7) is 2.39. The lowest BCUT2D eigenvalue weighted by molar-refractivity contribution is 0.0933. The van der Waals surface area contributed by atoms with Crippen LogP contribution in [0.2, 0.25) is 0 Å². The molecule has 130 valence electrons. The zero-order valence-corrected chi connectivity index (χ0v) is 14.2. The van der Waals surface area contributed by atoms with Crippen LogP contribution in [0.25, 0.3) is 0 Å². The van der Waals surface area contributed by atoms with E-state index in [1.54, 1.807) is 59.5 Å². The van der Waals surface area contributed by atoms with Crippen LogP contribution in [0.3, 0.4) is 0 Å². The Balaban J connectivity index is 1.76. The molecule has 1 heterocycles. The van der Waals surface area contributed by atoms with Crippen LogP contribution in [0.5, 0.6) is 11.5 Å². The van der Waals surface area contributed by atoms with Crippen LogP contribution in [-0.2, 0) is 6.54 Å². The standard InChI is InChI=1S/C19H17N5O2/c1-14(11-24-13-21-12-22-24)23-19(25)16-7-3-5-9-18(16)26-17-8-4-2-6-15(17)10-20/h2-9,12-14H,11H2,1H3,(H,23,25)/t14-/m1/s1. The molecule has 0 saturated carbocycles. The van der Waals surface area contributed by atoms with Crippen molar-refractivity contribution in [1.82, 2.24) is 20.1 Å². The van der Waals surface area contributed by atoms with E-state index in [-0.39, 0.29) is 11.9 Å². The van der Waals surface area contributed by atoms with Crippen molar-refractivity contribution in [3.05, 3.63) is 72.3 Å². The summed E-state index contributed by atoms with van der Waals surface area (Å²) in [6, 6.07) is 15.8. The van der Waals surface area contributed by atoms with Gasteiger partial charge in [0.15, 0.2) is 0 Å². The topological polar surface area (TPSA) is 92.8 Å². The summed E-state index contributed by atoms with van der Waals surface area (Å²) in [6.07, 6.45) is 3.04. The Kier molecular flexibility index (Phi) is 5.25. The second kappa shape index (κ2) is 7.94. The van der Waals surface area contributed by atoms with E-state index in [4.69, 9.17) is 4.74 Å². The molecule has 1 N–H and O–H groups in total. The van der Waals surface area contributed by atoms with Crippen molar-refractivity contribution in [3.8, 4) is 17.6 Å². The quantitative estimate of drug-likeness (QED) is 0.740. The van der Waals surface area contributed by atoms with E-state index in [1.807, 2.05) is 6.92 Å². The molecule has 0 aliphatic carbocycles. The van der Waals surface area contributed by atoms with E-state index >= 15 is 0 Å². The molecule has 1 atom stereocenters. The molecule has 3 aromatic rings. The first-order valence-corrected chi connectivity index (χ1v) is 8.06. The summed E-state index contributed by atoms with van der Waals surface area (Å²) in [5, 5.41) is 16.1. The maximum absolute atomic E-state index is 12.6. The van der Waals surface area contributed by atoms with Crippen molar-refractivity contribution in [2.75, 3.05) is 0 Å². The number of nitrogens with zero attached hydrogens (tertiary/aromatic N) is 4. The average Bonchev–Trinajstić information content (AvgIpc) is 3.15. The second-order valence-corrected chi connectivity index (χ2v) is 5.70. The van der Waals surface area contributed by atoms with Crippen molar-refractivity contribution in [2.24, 2.45) is 0 Å². The Morgan fingerprint density at radius 3 is 2.69 bits per heavy atom. The summed E-state index contributed by atoms with van der Waals surface area (Å²) >= 11 is 0. The van der Waals surface area contributed by atoms with Crippen LogP contribution in [0.1, 0.15) is 22.8 Å². The number of hydrogen-bond acceptors (Lipinski definition) is 5. The van der Waals surface area contributed by atoms with E-state index in [2.05, 4.69) is 21.5 Å². The Bertz CT molecular complexity index is 931. The number of carbonyl (C=O) groups is 1. The Hall–Kier alpha value is -3.66. The van der Waals surface area contributed by atoms with Gasteiger partial charge in [0.25, 0.3) is 5.91 Å². The van der Waals surface area contributed by atoms with E-state index in [9.17, 15) is 10.1 Å². The van der Waals surface area contributed by atoms with E-state index in [0.717, 1.165) is 0 Å². The molecule has 7 heteroatoms. The third-order valence-electron chi connectivity index (χ3n) is 3.66. The number of rotatable bonds is 6. The van der Waals surface area contributed by atoms with Crippen LogP contribution >= 0.6 is 0 Å². The van der Waals surface area contributed by atoms with Gasteiger partial charge in [0, 0.05) is 6.04 Å². The number of carbonyl (C=O) groups excluding carboxylic acids is 1. The van der Waals surface area contributed by atoms with Gasteiger partial charge in [-0.25, -0.2) is 4.98 Å². The van der Waals surface area contributed by atoms with Crippen molar-refractivity contribution in [2.45, 2.75) is 19.5 Å². The zero-order chi connectivity index (χ0) is 18.4. The number of amides is 1. The van der Waals surface area contributed by atoms with Gasteiger partial charge >= 0.3 is 0 Å². The number of aromatic nitrogens is 3. The number of benzene rings is 2. The summed E-state index contributed by atoms with van der Waals surface area (Å²) in [5.74, 6) is 0.536. The molecular weight excluding hydrogens is 330 g/mol. The van der Waals surface area contributed by atoms with Crippen LogP contribution in [0.15, 0.2) is 61.2 Å². The maximum Gasteiger partial charge on any atom is 0.255 e. The molecule has 0 aliphatic heterocycles. The fraction of sp³-hybridized carbons (Fsp3) is 0.158. The van der Waals surface area contributed by atoms with Crippen LogP contribution < -0.4 is 10.1 Å². The lowest BCUT2D eigenvalue weighted by Crippen LogP contribution is -2.36. The van der Waals surface area contributed by atoms with Gasteiger partial charge in [-0.15, -0.1) is 0 Å². The fourth-order valence-electron chi connectivity index (χ4n) is 2.46. The number of nitriles is 1. The highest BCUT2D eigenvalue weighted by Crippen LogP contribution is 2.27. The summed E-state index contributed by atoms with van der Waals surface area (Å²) in [4.78, 5) is 16.5. The molecule has 0 fully saturated rings. The molecular formula is C19H17N5O2. The lowest BCUT2D eigenvalue weighted by atomic mass is 10.1. The second-order valence-electron chi connectivity index (χ2n) is 5.70. The Labute approximate surface area is 150 Å². The van der Waals surface area contributed by atoms with Crippen molar-refractivity contribution in [1.29, 1.82) is 5.26 Å². The highest BCUT2D eigenvalue weighted by molar-refractivity contribution is 5.97. The molecule has 0 aliphatic rings. The van der Waals surface area contributed by atoms with Crippen LogP contribution in [0.4, 0.5) is 0 Å². The van der Waals surface area contributed by atoms with Crippen LogP contribution in [0, 0.1) is 11.3 Å². The molecule has 7 nitrogen and oxygen atoms in total. The summed E-state index contributed by atoms with van der Waals surface area (Å²) in [5.41, 5.74) is 0.799. The normalized spacial score (nSPS) is 11.4. The van der Waals surface area contributed by atoms with E-state index < -0.39 is 0 Å². The highest BCUT2D eigenvalue weighted by Gasteiger charge is 2.16. The highest BCUT2D eigenvalue weighted by atomic mass is 16.5. The first kappa shape index (κ1) is 17.2. The van der Waals surface area contributed by atoms with Crippen molar-refractivity contribution < 1.29 is 9.53 Å². The Morgan fingerprint density at radius 1 is 1.23 bits per heavy atom. The molecule has 1 amide bonds. The number of para-hydroxylation sites is 2. The third kappa shape index (κ3) is 4.05. The Morgan fingerprint density at radius 2 is 1.96 bits per heavy atom. The minimum Gasteiger partial charge on any atom is -0.455 e. The number of hydrogen-bond donors (Lipinski definition) is 1. The molecule has 0 bridgehead atoms. The smallest absolute Gasteiger partial charge is 0.255 e. The minimum absolute atomic E-state index is 0.149. The van der Waals surface area contributed by atoms with Gasteiger partial charge < -0.3 is 10.1 Å². The van der Waals surface area contributed by atoms with Gasteiger partial charge in [-0.2, -0.15) is 10.4 Å². The number of nitrogens with one attached hydrogen (secondary N) is 1.